The molecule has 0 unspecified atom stereocenters. The molecule has 4 aromatic rings. The number of amidine groups is 2. The van der Waals surface area contributed by atoms with Crippen molar-refractivity contribution in [2.75, 3.05) is 0 Å². The van der Waals surface area contributed by atoms with Crippen molar-refractivity contribution < 1.29 is 8.83 Å². The predicted molar refractivity (Wildman–Crippen MR) is 127 cm³/mol. The van der Waals surface area contributed by atoms with Gasteiger partial charge in [-0.3, -0.25) is 9.98 Å². The van der Waals surface area contributed by atoms with Crippen LogP contribution >= 0.6 is 0 Å². The maximum atomic E-state index is 6.11. The van der Waals surface area contributed by atoms with Crippen LogP contribution < -0.4 is 11.5 Å². The minimum absolute atomic E-state index is 0.149. The van der Waals surface area contributed by atoms with E-state index in [1.807, 2.05) is 76.2 Å². The van der Waals surface area contributed by atoms with E-state index < -0.39 is 0 Å². The second-order valence-electron chi connectivity index (χ2n) is 8.32. The van der Waals surface area contributed by atoms with Crippen LogP contribution in [0.25, 0.3) is 21.9 Å². The van der Waals surface area contributed by atoms with Gasteiger partial charge in [0.15, 0.2) is 0 Å². The van der Waals surface area contributed by atoms with Gasteiger partial charge in [0.25, 0.3) is 0 Å². The molecule has 2 aromatic heterocycles. The number of hydrogen-bond donors (Lipinski definition) is 2. The second-order valence-corrected chi connectivity index (χ2v) is 8.32. The van der Waals surface area contributed by atoms with Crippen molar-refractivity contribution in [1.82, 2.24) is 0 Å². The lowest BCUT2D eigenvalue weighted by atomic mass is 10.1. The Morgan fingerprint density at radius 2 is 1.13 bits per heavy atom. The molecule has 0 saturated carbocycles. The van der Waals surface area contributed by atoms with Gasteiger partial charge >= 0.3 is 0 Å². The summed E-state index contributed by atoms with van der Waals surface area (Å²) >= 11 is 0. The highest BCUT2D eigenvalue weighted by Crippen LogP contribution is 2.26. The van der Waals surface area contributed by atoms with Crippen LogP contribution in [0, 0.1) is 0 Å². The third-order valence-electron chi connectivity index (χ3n) is 4.87. The van der Waals surface area contributed by atoms with Crippen molar-refractivity contribution in [2.24, 2.45) is 21.5 Å². The smallest absolute Gasteiger partial charge is 0.134 e. The van der Waals surface area contributed by atoms with Crippen molar-refractivity contribution >= 4 is 33.6 Å². The van der Waals surface area contributed by atoms with E-state index in [0.29, 0.717) is 18.1 Å². The fraction of sp³-hybridized carbons (Fsp3) is 0.280. The molecule has 4 N–H and O–H groups in total. The Hall–Kier alpha value is -3.54. The molecular formula is C25H28N4O2. The summed E-state index contributed by atoms with van der Waals surface area (Å²) in [4.78, 5) is 8.84. The van der Waals surface area contributed by atoms with Crippen LogP contribution in [0.5, 0.6) is 0 Å². The highest BCUT2D eigenvalue weighted by molar-refractivity contribution is 6.01. The van der Waals surface area contributed by atoms with Gasteiger partial charge in [0.1, 0.15) is 34.4 Å². The SMILES string of the molecule is CC(C)N=C(N)c1ccc2oc(Cc3cc4cc(C(N)=NC(C)C)ccc4o3)cc2c1. The second kappa shape index (κ2) is 8.30. The molecule has 160 valence electrons. The standard InChI is InChI=1S/C25H28N4O2/c1-14(2)28-24(26)16-5-7-22-18(9-16)11-20(30-22)13-21-12-19-10-17(6-8-23(19)31-21)25(27)29-15(3)4/h5-12,14-15H,13H2,1-4H3,(H2,26,28)(H2,27,29). The number of nitrogens with two attached hydrogens (primary N) is 2. The molecule has 31 heavy (non-hydrogen) atoms. The van der Waals surface area contributed by atoms with E-state index in [1.54, 1.807) is 0 Å². The summed E-state index contributed by atoms with van der Waals surface area (Å²) in [6, 6.07) is 16.1. The fourth-order valence-electron chi connectivity index (χ4n) is 3.57. The zero-order chi connectivity index (χ0) is 22.1. The minimum Gasteiger partial charge on any atom is -0.461 e. The van der Waals surface area contributed by atoms with Gasteiger partial charge in [0.05, 0.1) is 6.42 Å². The third-order valence-corrected chi connectivity index (χ3v) is 4.87. The van der Waals surface area contributed by atoms with Crippen molar-refractivity contribution in [3.05, 3.63) is 71.2 Å². The van der Waals surface area contributed by atoms with Crippen LogP contribution in [0.15, 0.2) is 67.4 Å². The Bertz CT molecular complexity index is 1190. The van der Waals surface area contributed by atoms with Gasteiger partial charge in [0.2, 0.25) is 0 Å². The number of fused-ring (bicyclic) bond motifs is 2. The van der Waals surface area contributed by atoms with Gasteiger partial charge in [-0.25, -0.2) is 0 Å². The molecule has 0 spiro atoms. The molecule has 0 saturated heterocycles. The van der Waals surface area contributed by atoms with Gasteiger partial charge in [-0.1, -0.05) is 0 Å². The van der Waals surface area contributed by atoms with E-state index in [9.17, 15) is 0 Å². The van der Waals surface area contributed by atoms with Crippen LogP contribution in [0.3, 0.4) is 0 Å². The monoisotopic (exact) mass is 416 g/mol. The Balaban J connectivity index is 1.59. The zero-order valence-electron chi connectivity index (χ0n) is 18.3. The van der Waals surface area contributed by atoms with Crippen molar-refractivity contribution in [3.63, 3.8) is 0 Å². The first kappa shape index (κ1) is 20.7. The van der Waals surface area contributed by atoms with E-state index in [1.165, 1.54) is 0 Å². The molecule has 0 radical (unpaired) electrons. The number of hydrogen-bond acceptors (Lipinski definition) is 4. The Morgan fingerprint density at radius 1 is 0.710 bits per heavy atom. The quantitative estimate of drug-likeness (QED) is 0.341. The summed E-state index contributed by atoms with van der Waals surface area (Å²) in [7, 11) is 0. The van der Waals surface area contributed by atoms with E-state index >= 15 is 0 Å². The summed E-state index contributed by atoms with van der Waals surface area (Å²) in [5.41, 5.74) is 15.6. The lowest BCUT2D eigenvalue weighted by Gasteiger charge is -2.03. The Labute approximate surface area is 181 Å². The summed E-state index contributed by atoms with van der Waals surface area (Å²) < 4.78 is 12.0. The van der Waals surface area contributed by atoms with E-state index in [4.69, 9.17) is 20.3 Å². The summed E-state index contributed by atoms with van der Waals surface area (Å²) in [6.07, 6.45) is 0.555. The average Bonchev–Trinajstić information content (AvgIpc) is 3.28. The largest absolute Gasteiger partial charge is 0.461 e. The van der Waals surface area contributed by atoms with Crippen LogP contribution in [0.1, 0.15) is 50.3 Å². The molecular weight excluding hydrogens is 388 g/mol. The lowest BCUT2D eigenvalue weighted by molar-refractivity contribution is 0.512. The van der Waals surface area contributed by atoms with Gasteiger partial charge in [-0.15, -0.1) is 0 Å². The number of furan rings is 2. The third kappa shape index (κ3) is 4.63. The molecule has 0 aliphatic rings. The Morgan fingerprint density at radius 3 is 1.52 bits per heavy atom. The maximum Gasteiger partial charge on any atom is 0.134 e. The maximum absolute atomic E-state index is 6.11. The molecule has 0 aliphatic heterocycles. The minimum atomic E-state index is 0.149. The average molecular weight is 417 g/mol. The van der Waals surface area contributed by atoms with Crippen LogP contribution in [-0.4, -0.2) is 23.8 Å². The van der Waals surface area contributed by atoms with Gasteiger partial charge in [0, 0.05) is 34.0 Å². The van der Waals surface area contributed by atoms with E-state index in [0.717, 1.165) is 44.6 Å². The van der Waals surface area contributed by atoms with Gasteiger partial charge in [-0.2, -0.15) is 0 Å². The molecule has 4 rings (SSSR count). The van der Waals surface area contributed by atoms with Crippen LogP contribution in [0.2, 0.25) is 0 Å². The predicted octanol–water partition coefficient (Wildman–Crippen LogP) is 5.00. The Kier molecular flexibility index (Phi) is 5.55. The highest BCUT2D eigenvalue weighted by atomic mass is 16.4. The molecule has 6 heteroatoms. The molecule has 2 heterocycles. The molecule has 0 fully saturated rings. The number of nitrogens with zero attached hydrogens (tertiary/aromatic N) is 2. The van der Waals surface area contributed by atoms with Crippen LogP contribution in [-0.2, 0) is 6.42 Å². The fourth-order valence-corrected chi connectivity index (χ4v) is 3.57. The summed E-state index contributed by atoms with van der Waals surface area (Å²) in [5, 5.41) is 1.98. The number of benzene rings is 2. The number of rotatable bonds is 6. The van der Waals surface area contributed by atoms with Crippen molar-refractivity contribution in [2.45, 2.75) is 46.2 Å². The number of aliphatic imine (C=N–C) groups is 2. The van der Waals surface area contributed by atoms with Crippen molar-refractivity contribution in [1.29, 1.82) is 0 Å². The van der Waals surface area contributed by atoms with E-state index in [2.05, 4.69) is 9.98 Å². The highest BCUT2D eigenvalue weighted by Gasteiger charge is 2.12. The van der Waals surface area contributed by atoms with Gasteiger partial charge in [-0.05, 0) is 76.2 Å². The normalized spacial score (nSPS) is 13.2. The zero-order valence-corrected chi connectivity index (χ0v) is 18.3. The summed E-state index contributed by atoms with van der Waals surface area (Å²) in [6.45, 7) is 8.01. The molecule has 0 aliphatic carbocycles. The molecule has 0 atom stereocenters. The van der Waals surface area contributed by atoms with Crippen LogP contribution in [0.4, 0.5) is 0 Å². The van der Waals surface area contributed by atoms with Crippen molar-refractivity contribution in [3.8, 4) is 0 Å². The molecule has 6 nitrogen and oxygen atoms in total. The molecule has 2 aromatic carbocycles. The first-order valence-electron chi connectivity index (χ1n) is 10.5. The van der Waals surface area contributed by atoms with E-state index in [-0.39, 0.29) is 12.1 Å². The summed E-state index contributed by atoms with van der Waals surface area (Å²) in [5.74, 6) is 2.72. The first-order chi connectivity index (χ1) is 14.8. The molecule has 0 amide bonds. The molecule has 0 bridgehead atoms. The van der Waals surface area contributed by atoms with Gasteiger partial charge < -0.3 is 20.3 Å². The topological polar surface area (TPSA) is 103 Å². The first-order valence-corrected chi connectivity index (χ1v) is 10.5. The lowest BCUT2D eigenvalue weighted by Crippen LogP contribution is -2.15.